The van der Waals surface area contributed by atoms with Crippen molar-refractivity contribution in [3.63, 3.8) is 0 Å². The van der Waals surface area contributed by atoms with Gasteiger partial charge in [-0.1, -0.05) is 36.4 Å². The molecular formula is C22H15N3O9S. The molecule has 0 fully saturated rings. The molecule has 35 heavy (non-hydrogen) atoms. The summed E-state index contributed by atoms with van der Waals surface area (Å²) in [7, 11) is -4.92. The van der Waals surface area contributed by atoms with Crippen molar-refractivity contribution in [3.8, 4) is 11.1 Å². The van der Waals surface area contributed by atoms with Gasteiger partial charge in [0.25, 0.3) is 11.4 Å². The summed E-state index contributed by atoms with van der Waals surface area (Å²) in [4.78, 5) is 32.7. The molecular weight excluding hydrogens is 482 g/mol. The summed E-state index contributed by atoms with van der Waals surface area (Å²) in [6, 6.07) is 14.9. The lowest BCUT2D eigenvalue weighted by atomic mass is 9.97. The fourth-order valence-corrected chi connectivity index (χ4v) is 4.34. The van der Waals surface area contributed by atoms with Crippen LogP contribution in [0.4, 0.5) is 17.1 Å². The summed E-state index contributed by atoms with van der Waals surface area (Å²) in [5.74, 6) is 0. The van der Waals surface area contributed by atoms with Crippen LogP contribution >= 0.6 is 0 Å². The van der Waals surface area contributed by atoms with Gasteiger partial charge in [-0.25, -0.2) is 4.79 Å². The fraction of sp³-hybridized carbons (Fsp3) is 0.0455. The molecule has 1 heterocycles. The maximum Gasteiger partial charge on any atom is 0.338 e. The van der Waals surface area contributed by atoms with E-state index < -0.39 is 36.2 Å². The van der Waals surface area contributed by atoms with Crippen molar-refractivity contribution in [1.29, 1.82) is 0 Å². The van der Waals surface area contributed by atoms with Gasteiger partial charge in [-0.2, -0.15) is 8.42 Å². The number of benzene rings is 3. The number of nitro groups is 2. The van der Waals surface area contributed by atoms with E-state index in [0.29, 0.717) is 5.56 Å². The fourth-order valence-electron chi connectivity index (χ4n) is 3.68. The van der Waals surface area contributed by atoms with Gasteiger partial charge in [-0.15, -0.1) is 0 Å². The molecule has 0 saturated heterocycles. The van der Waals surface area contributed by atoms with E-state index in [9.17, 15) is 38.0 Å². The standard InChI is InChI=1S/C22H15N3O9S/c26-20-11-17(16-10-15(24(27)28)7-8-18(16)34-20)23-12-14-6-9-19(35(31,32)33)22(25(29)30)21(14)13-4-2-1-3-5-13/h1-11,23H,12H2,(H,31,32,33). The first-order valence-electron chi connectivity index (χ1n) is 9.85. The van der Waals surface area contributed by atoms with Crippen LogP contribution in [0.5, 0.6) is 0 Å². The van der Waals surface area contributed by atoms with Crippen LogP contribution in [0.15, 0.2) is 80.8 Å². The Hall–Kier alpha value is -4.62. The highest BCUT2D eigenvalue weighted by atomic mass is 32.2. The van der Waals surface area contributed by atoms with Gasteiger partial charge in [0, 0.05) is 30.1 Å². The summed E-state index contributed by atoms with van der Waals surface area (Å²) in [6.45, 7) is -0.141. The monoisotopic (exact) mass is 497 g/mol. The summed E-state index contributed by atoms with van der Waals surface area (Å²) in [5.41, 5.74) is -1.02. The van der Waals surface area contributed by atoms with E-state index in [2.05, 4.69) is 5.32 Å². The Morgan fingerprint density at radius 3 is 2.29 bits per heavy atom. The zero-order valence-electron chi connectivity index (χ0n) is 17.6. The molecule has 0 bridgehead atoms. The minimum atomic E-state index is -4.92. The highest BCUT2D eigenvalue weighted by Crippen LogP contribution is 2.39. The van der Waals surface area contributed by atoms with E-state index in [1.54, 1.807) is 18.2 Å². The van der Waals surface area contributed by atoms with Crippen molar-refractivity contribution in [1.82, 2.24) is 0 Å². The lowest BCUT2D eigenvalue weighted by Gasteiger charge is -2.15. The average molecular weight is 497 g/mol. The predicted molar refractivity (Wildman–Crippen MR) is 125 cm³/mol. The van der Waals surface area contributed by atoms with Crippen molar-refractivity contribution in [3.05, 3.63) is 103 Å². The van der Waals surface area contributed by atoms with E-state index in [4.69, 9.17) is 4.42 Å². The van der Waals surface area contributed by atoms with Crippen LogP contribution in [-0.2, 0) is 16.7 Å². The zero-order valence-corrected chi connectivity index (χ0v) is 18.4. The third-order valence-corrected chi connectivity index (χ3v) is 6.04. The van der Waals surface area contributed by atoms with E-state index >= 15 is 0 Å². The Morgan fingerprint density at radius 2 is 1.66 bits per heavy atom. The number of nitrogens with zero attached hydrogens (tertiary/aromatic N) is 2. The first-order chi connectivity index (χ1) is 16.6. The van der Waals surface area contributed by atoms with Gasteiger partial charge in [-0.3, -0.25) is 24.8 Å². The molecule has 0 spiro atoms. The van der Waals surface area contributed by atoms with Crippen LogP contribution in [-0.4, -0.2) is 22.8 Å². The Balaban J connectivity index is 1.88. The highest BCUT2D eigenvalue weighted by Gasteiger charge is 2.30. The minimum absolute atomic E-state index is 0.0588. The minimum Gasteiger partial charge on any atom is -0.423 e. The van der Waals surface area contributed by atoms with E-state index in [-0.39, 0.29) is 40.0 Å². The number of fused-ring (bicyclic) bond motifs is 1. The SMILES string of the molecule is O=c1cc(NCc2ccc(S(=O)(=O)O)c([N+](=O)[O-])c2-c2ccccc2)c2cc([N+](=O)[O-])ccc2o1. The van der Waals surface area contributed by atoms with Gasteiger partial charge >= 0.3 is 15.7 Å². The second kappa shape index (κ2) is 8.96. The molecule has 0 saturated carbocycles. The largest absolute Gasteiger partial charge is 0.423 e. The Kier molecular flexibility index (Phi) is 6.03. The Bertz CT molecular complexity index is 1650. The molecule has 4 rings (SSSR count). The molecule has 12 nitrogen and oxygen atoms in total. The molecule has 0 atom stereocenters. The van der Waals surface area contributed by atoms with Gasteiger partial charge < -0.3 is 9.73 Å². The smallest absolute Gasteiger partial charge is 0.338 e. The number of hydrogen-bond donors (Lipinski definition) is 2. The number of non-ortho nitro benzene ring substituents is 1. The molecule has 4 aromatic rings. The van der Waals surface area contributed by atoms with Gasteiger partial charge in [0.05, 0.1) is 21.1 Å². The molecule has 1 aromatic heterocycles. The molecule has 13 heteroatoms. The highest BCUT2D eigenvalue weighted by molar-refractivity contribution is 7.86. The van der Waals surface area contributed by atoms with Gasteiger partial charge in [-0.05, 0) is 23.3 Å². The molecule has 0 aliphatic carbocycles. The first-order valence-corrected chi connectivity index (χ1v) is 11.3. The molecule has 0 aliphatic rings. The quantitative estimate of drug-likeness (QED) is 0.163. The lowest BCUT2D eigenvalue weighted by Crippen LogP contribution is -2.10. The third-order valence-electron chi connectivity index (χ3n) is 5.16. The molecule has 0 amide bonds. The first kappa shape index (κ1) is 23.5. The number of nitrogens with one attached hydrogen (secondary N) is 1. The number of rotatable bonds is 7. The van der Waals surface area contributed by atoms with Crippen molar-refractivity contribution < 1.29 is 27.2 Å². The number of hydrogen-bond acceptors (Lipinski definition) is 9. The van der Waals surface area contributed by atoms with Crippen LogP contribution < -0.4 is 10.9 Å². The predicted octanol–water partition coefficient (Wildman–Crippen LogP) is 4.14. The van der Waals surface area contributed by atoms with Crippen molar-refractivity contribution in [2.75, 3.05) is 5.32 Å². The van der Waals surface area contributed by atoms with Crippen LogP contribution in [0.25, 0.3) is 22.1 Å². The molecule has 0 radical (unpaired) electrons. The van der Waals surface area contributed by atoms with E-state index in [0.717, 1.165) is 12.1 Å². The molecule has 0 aliphatic heterocycles. The number of nitro benzene ring substituents is 2. The van der Waals surface area contributed by atoms with E-state index in [1.165, 1.54) is 36.4 Å². The summed E-state index contributed by atoms with van der Waals surface area (Å²) in [6.07, 6.45) is 0. The van der Waals surface area contributed by atoms with Crippen LogP contribution in [0.2, 0.25) is 0 Å². The van der Waals surface area contributed by atoms with E-state index in [1.807, 2.05) is 0 Å². The van der Waals surface area contributed by atoms with Gasteiger partial charge in [0.15, 0.2) is 4.90 Å². The topological polar surface area (TPSA) is 183 Å². The van der Waals surface area contributed by atoms with Crippen LogP contribution in [0.3, 0.4) is 0 Å². The second-order valence-electron chi connectivity index (χ2n) is 7.31. The van der Waals surface area contributed by atoms with Crippen LogP contribution in [0, 0.1) is 20.2 Å². The Morgan fingerprint density at radius 1 is 0.943 bits per heavy atom. The lowest BCUT2D eigenvalue weighted by molar-refractivity contribution is -0.387. The second-order valence-corrected chi connectivity index (χ2v) is 8.70. The van der Waals surface area contributed by atoms with Crippen LogP contribution in [0.1, 0.15) is 5.56 Å². The van der Waals surface area contributed by atoms with Gasteiger partial charge in [0.2, 0.25) is 0 Å². The summed E-state index contributed by atoms with van der Waals surface area (Å²) < 4.78 is 38.3. The van der Waals surface area contributed by atoms with Gasteiger partial charge in [0.1, 0.15) is 5.58 Å². The zero-order chi connectivity index (χ0) is 25.3. The third kappa shape index (κ3) is 4.71. The van der Waals surface area contributed by atoms with Crippen molar-refractivity contribution in [2.45, 2.75) is 11.4 Å². The normalized spacial score (nSPS) is 11.3. The molecule has 2 N–H and O–H groups in total. The Labute approximate surface area is 196 Å². The number of anilines is 1. The average Bonchev–Trinajstić information content (AvgIpc) is 2.81. The maximum absolute atomic E-state index is 12.0. The molecule has 3 aromatic carbocycles. The summed E-state index contributed by atoms with van der Waals surface area (Å²) in [5, 5.41) is 26.2. The van der Waals surface area contributed by atoms with Crippen molar-refractivity contribution >= 4 is 38.1 Å². The van der Waals surface area contributed by atoms with Crippen molar-refractivity contribution in [2.24, 2.45) is 0 Å². The maximum atomic E-state index is 12.0. The molecule has 178 valence electrons. The summed E-state index contributed by atoms with van der Waals surface area (Å²) >= 11 is 0. The molecule has 0 unspecified atom stereocenters.